The van der Waals surface area contributed by atoms with E-state index in [9.17, 15) is 19.5 Å². The van der Waals surface area contributed by atoms with Gasteiger partial charge in [0.1, 0.15) is 11.6 Å². The monoisotopic (exact) mass is 497 g/mol. The number of fused-ring (bicyclic) bond motifs is 1. The summed E-state index contributed by atoms with van der Waals surface area (Å²) in [4.78, 5) is 42.3. The molecule has 5 rings (SSSR count). The molecule has 3 N–H and O–H groups in total. The number of nitrogens with zero attached hydrogens (tertiary/aromatic N) is 1. The van der Waals surface area contributed by atoms with Crippen LogP contribution in [0.3, 0.4) is 0 Å². The molecule has 3 aliphatic rings. The first-order valence-corrected chi connectivity index (χ1v) is 12.3. The van der Waals surface area contributed by atoms with Crippen LogP contribution in [0.15, 0.2) is 54.6 Å². The Labute approximate surface area is 208 Å². The summed E-state index contributed by atoms with van der Waals surface area (Å²) in [5, 5.41) is 15.6. The number of aliphatic hydroxyl groups is 1. The lowest BCUT2D eigenvalue weighted by Crippen LogP contribution is -2.53. The molecule has 2 aromatic carbocycles. The smallest absolute Gasteiger partial charge is 0.250 e. The first-order valence-electron chi connectivity index (χ1n) is 12.0. The molecule has 9 heteroatoms. The Morgan fingerprint density at radius 3 is 2.43 bits per heavy atom. The predicted molar refractivity (Wildman–Crippen MR) is 131 cm³/mol. The van der Waals surface area contributed by atoms with Gasteiger partial charge in [0.15, 0.2) is 0 Å². The summed E-state index contributed by atoms with van der Waals surface area (Å²) in [7, 11) is 0. The fourth-order valence-corrected chi connectivity index (χ4v) is 6.01. The molecule has 3 saturated heterocycles. The minimum atomic E-state index is -1.06. The standard InChI is InChI=1S/C26H28ClN3O5/c27-16-8-10-18(11-9-16)29-24(33)22-26-13-12-19(35-26)20(23(32)28-17-6-2-1-3-7-17)21(26)25(34)30(22)14-4-5-15-31/h1-3,6-11,19-22,31H,4-5,12-15H2,(H,28,32)(H,29,33)/t19-,20+,21+,22?,26?/m1/s1. The van der Waals surface area contributed by atoms with Crippen molar-refractivity contribution < 1.29 is 24.2 Å². The number of hydrogen-bond acceptors (Lipinski definition) is 5. The number of likely N-dealkylation sites (tertiary alicyclic amines) is 1. The van der Waals surface area contributed by atoms with Crippen LogP contribution in [-0.2, 0) is 19.1 Å². The highest BCUT2D eigenvalue weighted by Crippen LogP contribution is 2.58. The average molecular weight is 498 g/mol. The topological polar surface area (TPSA) is 108 Å². The van der Waals surface area contributed by atoms with Gasteiger partial charge in [-0.1, -0.05) is 29.8 Å². The number of rotatable bonds is 8. The second-order valence-electron chi connectivity index (χ2n) is 9.37. The molecule has 8 nitrogen and oxygen atoms in total. The second kappa shape index (κ2) is 9.60. The number of halogens is 1. The molecule has 0 radical (unpaired) electrons. The molecule has 35 heavy (non-hydrogen) atoms. The maximum absolute atomic E-state index is 13.8. The van der Waals surface area contributed by atoms with Gasteiger partial charge in [-0.2, -0.15) is 0 Å². The van der Waals surface area contributed by atoms with Gasteiger partial charge in [-0.05, 0) is 62.1 Å². The van der Waals surface area contributed by atoms with Gasteiger partial charge >= 0.3 is 0 Å². The third-order valence-corrected chi connectivity index (χ3v) is 7.56. The molecule has 0 saturated carbocycles. The molecule has 3 aliphatic heterocycles. The summed E-state index contributed by atoms with van der Waals surface area (Å²) in [6.45, 7) is 0.302. The molecule has 0 aliphatic carbocycles. The van der Waals surface area contributed by atoms with E-state index in [1.54, 1.807) is 41.3 Å². The van der Waals surface area contributed by atoms with Gasteiger partial charge in [-0.25, -0.2) is 0 Å². The van der Waals surface area contributed by atoms with Crippen LogP contribution in [0.2, 0.25) is 5.02 Å². The van der Waals surface area contributed by atoms with Crippen LogP contribution in [0.4, 0.5) is 11.4 Å². The van der Waals surface area contributed by atoms with E-state index < -0.39 is 29.6 Å². The van der Waals surface area contributed by atoms with E-state index in [-0.39, 0.29) is 24.3 Å². The summed E-state index contributed by atoms with van der Waals surface area (Å²) >= 11 is 5.97. The zero-order valence-electron chi connectivity index (χ0n) is 19.2. The number of benzene rings is 2. The van der Waals surface area contributed by atoms with Crippen molar-refractivity contribution in [3.63, 3.8) is 0 Å². The van der Waals surface area contributed by atoms with Gasteiger partial charge < -0.3 is 25.4 Å². The van der Waals surface area contributed by atoms with Crippen LogP contribution in [0.25, 0.3) is 0 Å². The van der Waals surface area contributed by atoms with Crippen molar-refractivity contribution in [2.45, 2.75) is 43.4 Å². The zero-order valence-corrected chi connectivity index (χ0v) is 19.9. The highest BCUT2D eigenvalue weighted by molar-refractivity contribution is 6.30. The lowest BCUT2D eigenvalue weighted by Gasteiger charge is -2.33. The summed E-state index contributed by atoms with van der Waals surface area (Å²) in [5.41, 5.74) is 0.153. The fourth-order valence-electron chi connectivity index (χ4n) is 5.88. The molecular weight excluding hydrogens is 470 g/mol. The summed E-state index contributed by atoms with van der Waals surface area (Å²) in [6, 6.07) is 15.0. The highest BCUT2D eigenvalue weighted by atomic mass is 35.5. The first-order chi connectivity index (χ1) is 16.9. The summed E-state index contributed by atoms with van der Waals surface area (Å²) in [6.07, 6.45) is 1.76. The Morgan fingerprint density at radius 1 is 1.03 bits per heavy atom. The van der Waals surface area contributed by atoms with E-state index in [1.807, 2.05) is 18.2 Å². The van der Waals surface area contributed by atoms with Crippen molar-refractivity contribution in [1.82, 2.24) is 4.90 Å². The van der Waals surface area contributed by atoms with E-state index in [1.165, 1.54) is 0 Å². The van der Waals surface area contributed by atoms with Crippen LogP contribution in [-0.4, -0.2) is 58.6 Å². The number of amides is 3. The van der Waals surface area contributed by atoms with Crippen molar-refractivity contribution in [2.24, 2.45) is 11.8 Å². The molecule has 3 amide bonds. The number of para-hydroxylation sites is 1. The minimum absolute atomic E-state index is 0.00107. The van der Waals surface area contributed by atoms with Gasteiger partial charge in [-0.15, -0.1) is 0 Å². The predicted octanol–water partition coefficient (Wildman–Crippen LogP) is 3.06. The van der Waals surface area contributed by atoms with Gasteiger partial charge in [0.25, 0.3) is 0 Å². The molecular formula is C26H28ClN3O5. The number of ether oxygens (including phenoxy) is 1. The molecule has 2 bridgehead atoms. The number of unbranched alkanes of at least 4 members (excludes halogenated alkanes) is 1. The molecule has 1 spiro atoms. The third kappa shape index (κ3) is 4.20. The fraction of sp³-hybridized carbons (Fsp3) is 0.423. The number of carbonyl (C=O) groups is 3. The van der Waals surface area contributed by atoms with Crippen molar-refractivity contribution >= 4 is 40.7 Å². The zero-order chi connectivity index (χ0) is 24.6. The molecule has 5 atom stereocenters. The van der Waals surface area contributed by atoms with E-state index in [4.69, 9.17) is 16.3 Å². The third-order valence-electron chi connectivity index (χ3n) is 7.31. The SMILES string of the molecule is O=C(Nc1ccc(Cl)cc1)C1N(CCCCO)C(=O)[C@@H]2[C@@H](C(=O)Nc3ccccc3)[C@H]3CCC12O3. The Kier molecular flexibility index (Phi) is 6.53. The summed E-state index contributed by atoms with van der Waals surface area (Å²) < 4.78 is 6.40. The van der Waals surface area contributed by atoms with Crippen LogP contribution < -0.4 is 10.6 Å². The normalized spacial score (nSPS) is 28.7. The number of aliphatic hydroxyl groups excluding tert-OH is 1. The van der Waals surface area contributed by atoms with E-state index in [0.29, 0.717) is 48.6 Å². The Balaban J connectivity index is 1.44. The molecule has 3 heterocycles. The Morgan fingerprint density at radius 2 is 1.71 bits per heavy atom. The van der Waals surface area contributed by atoms with Crippen LogP contribution in [0, 0.1) is 11.8 Å². The van der Waals surface area contributed by atoms with Crippen LogP contribution in [0.5, 0.6) is 0 Å². The van der Waals surface area contributed by atoms with E-state index in [0.717, 1.165) is 0 Å². The number of anilines is 2. The van der Waals surface area contributed by atoms with E-state index >= 15 is 0 Å². The summed E-state index contributed by atoms with van der Waals surface area (Å²) in [5.74, 6) is -2.27. The van der Waals surface area contributed by atoms with Gasteiger partial charge in [0.2, 0.25) is 17.7 Å². The van der Waals surface area contributed by atoms with Crippen molar-refractivity contribution in [1.29, 1.82) is 0 Å². The number of carbonyl (C=O) groups excluding carboxylic acids is 3. The largest absolute Gasteiger partial charge is 0.396 e. The highest BCUT2D eigenvalue weighted by Gasteiger charge is 2.74. The Hall–Kier alpha value is -2.94. The molecule has 2 aromatic rings. The van der Waals surface area contributed by atoms with Gasteiger partial charge in [-0.3, -0.25) is 14.4 Å². The van der Waals surface area contributed by atoms with Gasteiger partial charge in [0, 0.05) is 29.5 Å². The van der Waals surface area contributed by atoms with Crippen molar-refractivity contribution in [3.05, 3.63) is 59.6 Å². The lowest BCUT2D eigenvalue weighted by molar-refractivity contribution is -0.139. The van der Waals surface area contributed by atoms with Crippen molar-refractivity contribution in [2.75, 3.05) is 23.8 Å². The molecule has 0 aromatic heterocycles. The van der Waals surface area contributed by atoms with Gasteiger partial charge in [0.05, 0.1) is 17.9 Å². The maximum Gasteiger partial charge on any atom is 0.250 e. The lowest BCUT2D eigenvalue weighted by atomic mass is 9.70. The molecule has 2 unspecified atom stereocenters. The first kappa shape index (κ1) is 23.8. The number of hydrogen-bond donors (Lipinski definition) is 3. The second-order valence-corrected chi connectivity index (χ2v) is 9.81. The number of nitrogens with one attached hydrogen (secondary N) is 2. The minimum Gasteiger partial charge on any atom is -0.396 e. The van der Waals surface area contributed by atoms with Crippen LogP contribution >= 0.6 is 11.6 Å². The maximum atomic E-state index is 13.8. The quantitative estimate of drug-likeness (QED) is 0.486. The van der Waals surface area contributed by atoms with Crippen molar-refractivity contribution in [3.8, 4) is 0 Å². The van der Waals surface area contributed by atoms with Crippen LogP contribution in [0.1, 0.15) is 25.7 Å². The average Bonchev–Trinajstić information content (AvgIpc) is 3.49. The Bertz CT molecular complexity index is 1110. The molecule has 184 valence electrons. The van der Waals surface area contributed by atoms with E-state index in [2.05, 4.69) is 10.6 Å². The molecule has 3 fully saturated rings.